The molecule has 1 unspecified atom stereocenters. The van der Waals surface area contributed by atoms with Crippen LogP contribution in [0.1, 0.15) is 27.2 Å². The van der Waals surface area contributed by atoms with Gasteiger partial charge in [0, 0.05) is 17.8 Å². The molecule has 0 aliphatic carbocycles. The van der Waals surface area contributed by atoms with Crippen molar-refractivity contribution in [3.05, 3.63) is 36.6 Å². The standard InChI is InChI=1S/C12H19N/c1-5-9-10-11(6-2)12(7-3)13-8-4/h5,7-11H,1,6H2,2-4H3/b10-9-,12-7-,13-8-. The summed E-state index contributed by atoms with van der Waals surface area (Å²) in [5.74, 6) is 0.416. The van der Waals surface area contributed by atoms with Crippen LogP contribution in [0.3, 0.4) is 0 Å². The van der Waals surface area contributed by atoms with Gasteiger partial charge in [-0.1, -0.05) is 37.8 Å². The molecular formula is C12H19N. The zero-order valence-electron chi connectivity index (χ0n) is 8.83. The molecule has 0 fully saturated rings. The molecule has 1 heteroatoms. The third-order valence-electron chi connectivity index (χ3n) is 1.87. The fourth-order valence-corrected chi connectivity index (χ4v) is 1.19. The van der Waals surface area contributed by atoms with Gasteiger partial charge in [0.1, 0.15) is 0 Å². The lowest BCUT2D eigenvalue weighted by molar-refractivity contribution is 0.717. The Labute approximate surface area is 81.6 Å². The van der Waals surface area contributed by atoms with Crippen molar-refractivity contribution in [1.29, 1.82) is 0 Å². The van der Waals surface area contributed by atoms with E-state index in [1.54, 1.807) is 6.08 Å². The fourth-order valence-electron chi connectivity index (χ4n) is 1.19. The molecule has 0 aliphatic rings. The highest BCUT2D eigenvalue weighted by molar-refractivity contribution is 5.55. The maximum absolute atomic E-state index is 4.32. The van der Waals surface area contributed by atoms with Crippen LogP contribution in [0, 0.1) is 5.92 Å². The van der Waals surface area contributed by atoms with Crippen molar-refractivity contribution >= 4 is 6.21 Å². The third kappa shape index (κ3) is 4.46. The van der Waals surface area contributed by atoms with Gasteiger partial charge in [-0.3, -0.25) is 4.99 Å². The maximum atomic E-state index is 4.32. The lowest BCUT2D eigenvalue weighted by Gasteiger charge is -2.09. The summed E-state index contributed by atoms with van der Waals surface area (Å²) in [6.45, 7) is 9.77. The molecule has 0 aromatic rings. The van der Waals surface area contributed by atoms with Gasteiger partial charge in [-0.15, -0.1) is 0 Å². The Balaban J connectivity index is 4.53. The van der Waals surface area contributed by atoms with Crippen LogP contribution in [-0.4, -0.2) is 6.21 Å². The number of nitrogens with zero attached hydrogens (tertiary/aromatic N) is 1. The van der Waals surface area contributed by atoms with Crippen molar-refractivity contribution in [3.63, 3.8) is 0 Å². The van der Waals surface area contributed by atoms with Gasteiger partial charge in [0.2, 0.25) is 0 Å². The minimum Gasteiger partial charge on any atom is -0.266 e. The van der Waals surface area contributed by atoms with Crippen molar-refractivity contribution in [3.8, 4) is 0 Å². The molecule has 0 bridgehead atoms. The molecule has 13 heavy (non-hydrogen) atoms. The number of allylic oxidation sites excluding steroid dienone is 4. The molecule has 1 atom stereocenters. The predicted octanol–water partition coefficient (Wildman–Crippen LogP) is 3.75. The molecule has 1 nitrogen and oxygen atoms in total. The molecule has 0 heterocycles. The van der Waals surface area contributed by atoms with Gasteiger partial charge in [-0.25, -0.2) is 0 Å². The molecule has 0 rings (SSSR count). The Morgan fingerprint density at radius 3 is 2.54 bits per heavy atom. The quantitative estimate of drug-likeness (QED) is 0.448. The largest absolute Gasteiger partial charge is 0.266 e. The highest BCUT2D eigenvalue weighted by Gasteiger charge is 2.05. The molecule has 0 aromatic heterocycles. The summed E-state index contributed by atoms with van der Waals surface area (Å²) >= 11 is 0. The molecule has 0 amide bonds. The second-order valence-electron chi connectivity index (χ2n) is 2.74. The van der Waals surface area contributed by atoms with E-state index in [1.807, 2.05) is 26.1 Å². The topological polar surface area (TPSA) is 12.4 Å². The predicted molar refractivity (Wildman–Crippen MR) is 61.0 cm³/mol. The lowest BCUT2D eigenvalue weighted by Crippen LogP contribution is -1.97. The van der Waals surface area contributed by atoms with Crippen LogP contribution in [0.2, 0.25) is 0 Å². The first kappa shape index (κ1) is 11.9. The van der Waals surface area contributed by atoms with Gasteiger partial charge < -0.3 is 0 Å². The summed E-state index contributed by atoms with van der Waals surface area (Å²) in [6, 6.07) is 0. The molecule has 0 radical (unpaired) electrons. The number of hydrogen-bond donors (Lipinski definition) is 0. The minimum absolute atomic E-state index is 0.416. The molecular weight excluding hydrogens is 158 g/mol. The lowest BCUT2D eigenvalue weighted by atomic mass is 10.0. The molecule has 0 N–H and O–H groups in total. The van der Waals surface area contributed by atoms with E-state index >= 15 is 0 Å². The zero-order valence-corrected chi connectivity index (χ0v) is 8.83. The van der Waals surface area contributed by atoms with E-state index < -0.39 is 0 Å². The van der Waals surface area contributed by atoms with E-state index in [4.69, 9.17) is 0 Å². The van der Waals surface area contributed by atoms with Crippen LogP contribution in [0.4, 0.5) is 0 Å². The Morgan fingerprint density at radius 1 is 1.46 bits per heavy atom. The smallest absolute Gasteiger partial charge is 0.0425 e. The summed E-state index contributed by atoms with van der Waals surface area (Å²) in [6.07, 6.45) is 10.9. The van der Waals surface area contributed by atoms with E-state index in [0.29, 0.717) is 5.92 Å². The average Bonchev–Trinajstić information content (AvgIpc) is 2.17. The van der Waals surface area contributed by atoms with Crippen LogP contribution in [0.25, 0.3) is 0 Å². The highest BCUT2D eigenvalue weighted by Crippen LogP contribution is 2.17. The normalized spacial score (nSPS) is 15.5. The van der Waals surface area contributed by atoms with Crippen molar-refractivity contribution < 1.29 is 0 Å². The van der Waals surface area contributed by atoms with E-state index in [-0.39, 0.29) is 0 Å². The van der Waals surface area contributed by atoms with E-state index in [0.717, 1.165) is 12.1 Å². The molecule has 72 valence electrons. The molecule has 0 aromatic carbocycles. The summed E-state index contributed by atoms with van der Waals surface area (Å²) in [5.41, 5.74) is 1.13. The monoisotopic (exact) mass is 177 g/mol. The van der Waals surface area contributed by atoms with Gasteiger partial charge in [-0.2, -0.15) is 0 Å². The Bertz CT molecular complexity index is 221. The molecule has 0 spiro atoms. The fraction of sp³-hybridized carbons (Fsp3) is 0.417. The van der Waals surface area contributed by atoms with E-state index in [1.165, 1.54) is 0 Å². The average molecular weight is 177 g/mol. The minimum atomic E-state index is 0.416. The Kier molecular flexibility index (Phi) is 6.89. The van der Waals surface area contributed by atoms with E-state index in [9.17, 15) is 0 Å². The van der Waals surface area contributed by atoms with Crippen molar-refractivity contribution in [1.82, 2.24) is 0 Å². The summed E-state index contributed by atoms with van der Waals surface area (Å²) < 4.78 is 0. The number of rotatable bonds is 5. The Hall–Kier alpha value is -1.11. The van der Waals surface area contributed by atoms with Crippen molar-refractivity contribution in [2.45, 2.75) is 27.2 Å². The second kappa shape index (κ2) is 7.53. The first-order valence-corrected chi connectivity index (χ1v) is 4.74. The van der Waals surface area contributed by atoms with Crippen LogP contribution < -0.4 is 0 Å². The highest BCUT2D eigenvalue weighted by atomic mass is 14.7. The van der Waals surface area contributed by atoms with Crippen molar-refractivity contribution in [2.24, 2.45) is 10.9 Å². The molecule has 0 aliphatic heterocycles. The molecule has 0 saturated heterocycles. The van der Waals surface area contributed by atoms with Crippen LogP contribution in [0.15, 0.2) is 41.6 Å². The molecule has 0 saturated carbocycles. The summed E-state index contributed by atoms with van der Waals surface area (Å²) in [5, 5.41) is 0. The van der Waals surface area contributed by atoms with Crippen LogP contribution in [0.5, 0.6) is 0 Å². The first-order chi connectivity index (χ1) is 6.29. The SMILES string of the molecule is C=C/C=C\C(CC)C(=C/C)/N=C\C. The van der Waals surface area contributed by atoms with Gasteiger partial charge in [0.05, 0.1) is 0 Å². The first-order valence-electron chi connectivity index (χ1n) is 4.74. The number of hydrogen-bond acceptors (Lipinski definition) is 1. The van der Waals surface area contributed by atoms with Gasteiger partial charge in [0.25, 0.3) is 0 Å². The van der Waals surface area contributed by atoms with Crippen molar-refractivity contribution in [2.75, 3.05) is 0 Å². The third-order valence-corrected chi connectivity index (χ3v) is 1.87. The summed E-state index contributed by atoms with van der Waals surface area (Å²) in [7, 11) is 0. The maximum Gasteiger partial charge on any atom is 0.0425 e. The van der Waals surface area contributed by atoms with Gasteiger partial charge in [0.15, 0.2) is 0 Å². The van der Waals surface area contributed by atoms with Crippen LogP contribution >= 0.6 is 0 Å². The van der Waals surface area contributed by atoms with Gasteiger partial charge >= 0.3 is 0 Å². The van der Waals surface area contributed by atoms with Gasteiger partial charge in [-0.05, 0) is 20.3 Å². The Morgan fingerprint density at radius 2 is 2.15 bits per heavy atom. The van der Waals surface area contributed by atoms with E-state index in [2.05, 4.69) is 30.6 Å². The number of aliphatic imine (C=N–C) groups is 1. The second-order valence-corrected chi connectivity index (χ2v) is 2.74. The van der Waals surface area contributed by atoms with Crippen LogP contribution in [-0.2, 0) is 0 Å². The zero-order chi connectivity index (χ0) is 10.1. The summed E-state index contributed by atoms with van der Waals surface area (Å²) in [4.78, 5) is 4.32.